The van der Waals surface area contributed by atoms with Gasteiger partial charge in [-0.15, -0.1) is 0 Å². The number of carbonyl (C=O) groups is 4. The Bertz CT molecular complexity index is 2450. The average molecular weight is 856 g/mol. The maximum Gasteiger partial charge on any atom is 0.262 e. The summed E-state index contributed by atoms with van der Waals surface area (Å²) >= 11 is 6.32. The molecule has 0 saturated carbocycles. The van der Waals surface area contributed by atoms with Crippen molar-refractivity contribution in [1.29, 1.82) is 0 Å². The number of piperazine rings is 1. The van der Waals surface area contributed by atoms with E-state index >= 15 is 0 Å². The van der Waals surface area contributed by atoms with E-state index in [4.69, 9.17) is 27.9 Å². The molecule has 0 aliphatic carbocycles. The summed E-state index contributed by atoms with van der Waals surface area (Å²) in [6.07, 6.45) is 4.25. The molecule has 3 aromatic carbocycles. The van der Waals surface area contributed by atoms with Gasteiger partial charge in [-0.2, -0.15) is 0 Å². The summed E-state index contributed by atoms with van der Waals surface area (Å²) in [4.78, 5) is 74.6. The van der Waals surface area contributed by atoms with Crippen molar-refractivity contribution in [2.45, 2.75) is 63.6 Å². The van der Waals surface area contributed by atoms with Crippen molar-refractivity contribution in [3.05, 3.63) is 117 Å². The van der Waals surface area contributed by atoms with Crippen LogP contribution in [0.4, 0.5) is 17.3 Å². The summed E-state index contributed by atoms with van der Waals surface area (Å²) in [5, 5.41) is 2.81. The predicted molar refractivity (Wildman–Crippen MR) is 235 cm³/mol. The van der Waals surface area contributed by atoms with Gasteiger partial charge in [-0.25, -0.2) is 14.8 Å². The molecule has 4 saturated heterocycles. The number of carbonyl (C=O) groups excluding carboxylic acids is 4. The highest BCUT2D eigenvalue weighted by Gasteiger charge is 2.45. The van der Waals surface area contributed by atoms with Gasteiger partial charge in [0.05, 0.1) is 23.4 Å². The van der Waals surface area contributed by atoms with Gasteiger partial charge in [0.2, 0.25) is 17.8 Å². The second-order valence-electron chi connectivity index (χ2n) is 17.6. The minimum absolute atomic E-state index is 0.0977. The number of anilines is 2. The number of nitrogens with one attached hydrogen (secondary N) is 1. The summed E-state index contributed by atoms with van der Waals surface area (Å²) in [5.74, 6) is 0.0406. The Balaban J connectivity index is 0.727. The fourth-order valence-corrected chi connectivity index (χ4v) is 9.94. The molecule has 5 aliphatic heterocycles. The number of imide groups is 2. The highest BCUT2D eigenvalue weighted by atomic mass is 35.5. The first-order valence-corrected chi connectivity index (χ1v) is 21.9. The number of hydrogen-bond donors (Lipinski definition) is 1. The van der Waals surface area contributed by atoms with Gasteiger partial charge >= 0.3 is 0 Å². The van der Waals surface area contributed by atoms with Crippen molar-refractivity contribution >= 4 is 52.6 Å². The summed E-state index contributed by atoms with van der Waals surface area (Å²) in [7, 11) is 0. The van der Waals surface area contributed by atoms with E-state index in [2.05, 4.69) is 60.7 Å². The Morgan fingerprint density at radius 2 is 1.63 bits per heavy atom. The molecule has 4 aromatic rings. The second-order valence-corrected chi connectivity index (χ2v) is 18.0. The van der Waals surface area contributed by atoms with E-state index in [0.29, 0.717) is 40.4 Å². The van der Waals surface area contributed by atoms with Crippen molar-refractivity contribution < 1.29 is 23.9 Å². The average Bonchev–Trinajstić information content (AvgIpc) is 4.01. The van der Waals surface area contributed by atoms with E-state index in [9.17, 15) is 19.2 Å². The molecule has 62 heavy (non-hydrogen) atoms. The Morgan fingerprint density at radius 1 is 0.839 bits per heavy atom. The fourth-order valence-electron chi connectivity index (χ4n) is 9.71. The third-order valence-electron chi connectivity index (χ3n) is 13.3. The van der Waals surface area contributed by atoms with Gasteiger partial charge in [0.25, 0.3) is 11.8 Å². The molecule has 3 unspecified atom stereocenters. The molecule has 14 nitrogen and oxygen atoms in total. The van der Waals surface area contributed by atoms with Gasteiger partial charge in [-0.1, -0.05) is 43.6 Å². The van der Waals surface area contributed by atoms with Crippen molar-refractivity contribution in [1.82, 2.24) is 30.0 Å². The Kier molecular flexibility index (Phi) is 11.4. The van der Waals surface area contributed by atoms with Gasteiger partial charge in [0, 0.05) is 87.1 Å². The van der Waals surface area contributed by atoms with Crippen molar-refractivity contribution in [2.75, 3.05) is 68.7 Å². The van der Waals surface area contributed by atoms with E-state index in [1.54, 1.807) is 18.2 Å². The van der Waals surface area contributed by atoms with Gasteiger partial charge in [0.15, 0.2) is 5.69 Å². The minimum Gasteiger partial charge on any atom is -0.487 e. The molecule has 320 valence electrons. The predicted octanol–water partition coefficient (Wildman–Crippen LogP) is 5.71. The molecule has 0 spiro atoms. The highest BCUT2D eigenvalue weighted by Crippen LogP contribution is 2.37. The van der Waals surface area contributed by atoms with Gasteiger partial charge in [-0.3, -0.25) is 34.3 Å². The third kappa shape index (κ3) is 8.36. The lowest BCUT2D eigenvalue weighted by Gasteiger charge is -2.38. The minimum atomic E-state index is -0.967. The van der Waals surface area contributed by atoms with Gasteiger partial charge in [-0.05, 0) is 91.4 Å². The molecule has 0 bridgehead atoms. The molecule has 15 heteroatoms. The Labute approximate surface area is 366 Å². The lowest BCUT2D eigenvalue weighted by Crippen LogP contribution is -2.54. The molecule has 1 N–H and O–H groups in total. The number of nitrogens with zero attached hydrogens (tertiary/aromatic N) is 8. The largest absolute Gasteiger partial charge is 0.487 e. The molecular weight excluding hydrogens is 806 g/mol. The lowest BCUT2D eigenvalue weighted by molar-refractivity contribution is -0.136. The quantitative estimate of drug-likeness (QED) is 0.147. The van der Waals surface area contributed by atoms with Crippen LogP contribution in [0, 0.1) is 12.5 Å². The number of rotatable bonds is 11. The first-order chi connectivity index (χ1) is 29.9. The Morgan fingerprint density at radius 3 is 2.40 bits per heavy atom. The number of halogens is 1. The number of aromatic nitrogens is 2. The van der Waals surface area contributed by atoms with Crippen molar-refractivity contribution in [3.8, 4) is 5.75 Å². The molecule has 9 rings (SSSR count). The number of amides is 4. The third-order valence-corrected chi connectivity index (χ3v) is 13.6. The number of fused-ring (bicyclic) bond motifs is 1. The van der Waals surface area contributed by atoms with Crippen LogP contribution in [0.5, 0.6) is 5.75 Å². The number of likely N-dealkylation sites (tertiary alicyclic amines) is 1. The summed E-state index contributed by atoms with van der Waals surface area (Å²) in [6, 6.07) is 20.4. The molecule has 1 aromatic heterocycles. The number of piperidine rings is 1. The molecule has 3 atom stereocenters. The van der Waals surface area contributed by atoms with Crippen LogP contribution in [0.3, 0.4) is 0 Å². The standard InChI is InChI=1S/C47H50ClN9O5/c1-47(2,32-22-33(48)24-35(23-32)49-3)31-4-7-38(8-5-31)62-29-34-12-15-50-46(51-34)55-20-18-54(19-21-55)37-14-16-53(28-37)26-30-13-17-56(27-30)36-6-9-39-40(25-36)45(61)57(44(39)60)41-10-11-42(58)52-43(41)59/h4-9,12,15,22-25,30,37,41H,10-11,13-14,16-21,26-29H2,1-2H3,(H,52,58,59). The van der Waals surface area contributed by atoms with E-state index < -0.39 is 23.8 Å². The van der Waals surface area contributed by atoms with Gasteiger partial charge < -0.3 is 19.4 Å². The molecule has 4 amide bonds. The zero-order valence-corrected chi connectivity index (χ0v) is 35.8. The van der Waals surface area contributed by atoms with Crippen LogP contribution < -0.4 is 19.9 Å². The molecular formula is C47H50ClN9O5. The first-order valence-electron chi connectivity index (χ1n) is 21.5. The monoisotopic (exact) mass is 855 g/mol. The number of ether oxygens (including phenoxy) is 1. The smallest absolute Gasteiger partial charge is 0.262 e. The van der Waals surface area contributed by atoms with Crippen molar-refractivity contribution in [2.24, 2.45) is 5.92 Å². The van der Waals surface area contributed by atoms with Crippen LogP contribution in [0.15, 0.2) is 72.9 Å². The zero-order chi connectivity index (χ0) is 43.1. The van der Waals surface area contributed by atoms with E-state index in [1.807, 2.05) is 42.6 Å². The normalized spacial score (nSPS) is 22.3. The van der Waals surface area contributed by atoms with E-state index in [0.717, 1.165) is 111 Å². The molecule has 5 aliphatic rings. The first kappa shape index (κ1) is 41.5. The van der Waals surface area contributed by atoms with Crippen LogP contribution in [0.2, 0.25) is 5.02 Å². The number of benzene rings is 3. The topological polar surface area (TPSA) is 136 Å². The fraction of sp³-hybridized carbons (Fsp3) is 0.426. The molecule has 6 heterocycles. The van der Waals surface area contributed by atoms with Crippen molar-refractivity contribution in [3.63, 3.8) is 0 Å². The van der Waals surface area contributed by atoms with Crippen LogP contribution in [0.1, 0.15) is 77.1 Å². The van der Waals surface area contributed by atoms with Crippen LogP contribution in [0.25, 0.3) is 4.85 Å². The van der Waals surface area contributed by atoms with E-state index in [1.165, 1.54) is 0 Å². The maximum absolute atomic E-state index is 13.4. The van der Waals surface area contributed by atoms with Gasteiger partial charge in [0.1, 0.15) is 18.4 Å². The van der Waals surface area contributed by atoms with Crippen LogP contribution in [-0.4, -0.2) is 119 Å². The number of hydrogen-bond acceptors (Lipinski definition) is 11. The molecule has 4 fully saturated rings. The summed E-state index contributed by atoms with van der Waals surface area (Å²) < 4.78 is 6.16. The lowest BCUT2D eigenvalue weighted by atomic mass is 9.78. The summed E-state index contributed by atoms with van der Waals surface area (Å²) in [5.41, 5.74) is 4.62. The van der Waals surface area contributed by atoms with Crippen LogP contribution in [-0.2, 0) is 21.6 Å². The zero-order valence-electron chi connectivity index (χ0n) is 35.1. The SMILES string of the molecule is [C-]#[N+]c1cc(Cl)cc(C(C)(C)c2ccc(OCc3ccnc(N4CCN(C5CCN(CC6CCN(c7ccc8c(c7)C(=O)N(C7CCC(=O)NC7=O)C8=O)C6)C5)CC4)n3)cc2)c1. The van der Waals surface area contributed by atoms with Crippen LogP contribution >= 0.6 is 11.6 Å². The Hall–Kier alpha value is -5.88. The summed E-state index contributed by atoms with van der Waals surface area (Å²) in [6.45, 7) is 20.5. The second kappa shape index (κ2) is 17.1. The molecule has 0 radical (unpaired) electrons. The highest BCUT2D eigenvalue weighted by molar-refractivity contribution is 6.31. The maximum atomic E-state index is 13.4. The van der Waals surface area contributed by atoms with E-state index in [-0.39, 0.29) is 24.2 Å².